The van der Waals surface area contributed by atoms with E-state index in [1.54, 1.807) is 19.9 Å². The van der Waals surface area contributed by atoms with Gasteiger partial charge < -0.3 is 41.3 Å². The van der Waals surface area contributed by atoms with Crippen molar-refractivity contribution in [1.29, 1.82) is 0 Å². The van der Waals surface area contributed by atoms with Crippen molar-refractivity contribution in [2.45, 2.75) is 46.8 Å². The van der Waals surface area contributed by atoms with E-state index in [-0.39, 0.29) is 40.3 Å². The summed E-state index contributed by atoms with van der Waals surface area (Å²) in [5, 5.41) is 63.0. The van der Waals surface area contributed by atoms with Crippen molar-refractivity contribution in [3.05, 3.63) is 51.1 Å². The first-order chi connectivity index (χ1) is 13.8. The van der Waals surface area contributed by atoms with Gasteiger partial charge in [0.05, 0.1) is 26.4 Å². The van der Waals surface area contributed by atoms with Crippen LogP contribution in [0.1, 0.15) is 38.9 Å². The van der Waals surface area contributed by atoms with Crippen LogP contribution in [0.3, 0.4) is 0 Å². The average molecular weight is 406 g/mol. The van der Waals surface area contributed by atoms with Gasteiger partial charge >= 0.3 is 6.03 Å². The average Bonchev–Trinajstić information content (AvgIpc) is 2.70. The molecule has 0 bridgehead atoms. The Bertz CT molecular complexity index is 913. The summed E-state index contributed by atoms with van der Waals surface area (Å²) in [6.45, 7) is 1.62. The van der Waals surface area contributed by atoms with Crippen molar-refractivity contribution < 1.29 is 35.4 Å². The van der Waals surface area contributed by atoms with Crippen LogP contribution in [-0.4, -0.2) is 36.7 Å². The molecule has 9 heteroatoms. The fraction of sp³-hybridized carbons (Fsp3) is 0.350. The number of carbonyl (C=O) groups excluding carboxylic acids is 1. The molecule has 8 N–H and O–H groups in total. The topological polar surface area (TPSA) is 163 Å². The Hall–Kier alpha value is -2.85. The number of aromatic hydroxyl groups is 2. The molecule has 2 rings (SSSR count). The monoisotopic (exact) mass is 406 g/mol. The minimum Gasteiger partial charge on any atom is -0.507 e. The van der Waals surface area contributed by atoms with Gasteiger partial charge in [-0.2, -0.15) is 0 Å². The third-order valence-corrected chi connectivity index (χ3v) is 4.98. The lowest BCUT2D eigenvalue weighted by molar-refractivity contribution is 0.251. The van der Waals surface area contributed by atoms with Crippen molar-refractivity contribution in [2.24, 2.45) is 0 Å². The van der Waals surface area contributed by atoms with Crippen LogP contribution in [0.25, 0.3) is 0 Å². The number of aliphatic hydroxyl groups is 4. The number of urea groups is 1. The van der Waals surface area contributed by atoms with E-state index < -0.39 is 32.5 Å². The maximum Gasteiger partial charge on any atom is 0.319 e. The number of aliphatic hydroxyl groups excluding tert-OH is 4. The lowest BCUT2D eigenvalue weighted by Crippen LogP contribution is -2.29. The molecule has 0 fully saturated rings. The zero-order valence-corrected chi connectivity index (χ0v) is 16.3. The second-order valence-electron chi connectivity index (χ2n) is 6.62. The zero-order valence-electron chi connectivity index (χ0n) is 16.3. The lowest BCUT2D eigenvalue weighted by Gasteiger charge is -2.18. The first-order valence-electron chi connectivity index (χ1n) is 8.94. The highest BCUT2D eigenvalue weighted by Gasteiger charge is 2.17. The highest BCUT2D eigenvalue weighted by molar-refractivity contribution is 5.90. The van der Waals surface area contributed by atoms with Crippen molar-refractivity contribution in [1.82, 2.24) is 5.32 Å². The van der Waals surface area contributed by atoms with Gasteiger partial charge in [0.15, 0.2) is 0 Å². The summed E-state index contributed by atoms with van der Waals surface area (Å²) >= 11 is 0. The van der Waals surface area contributed by atoms with Gasteiger partial charge in [0.1, 0.15) is 11.5 Å². The maximum absolute atomic E-state index is 12.4. The molecule has 0 radical (unpaired) electrons. The molecule has 0 saturated heterocycles. The SMILES string of the molecule is Cc1c(CNC(=O)Nc2cc(CO)c(O)c(CO)c2C)cc(CO)c(O)c1CO. The summed E-state index contributed by atoms with van der Waals surface area (Å²) in [7, 11) is 0. The van der Waals surface area contributed by atoms with E-state index in [9.17, 15) is 35.4 Å². The molecular weight excluding hydrogens is 380 g/mol. The summed E-state index contributed by atoms with van der Waals surface area (Å²) in [5.74, 6) is -0.389. The van der Waals surface area contributed by atoms with Crippen molar-refractivity contribution in [3.8, 4) is 11.5 Å². The van der Waals surface area contributed by atoms with Crippen molar-refractivity contribution in [3.63, 3.8) is 0 Å². The Morgan fingerprint density at radius 1 is 0.793 bits per heavy atom. The number of phenols is 2. The molecule has 0 aliphatic rings. The Balaban J connectivity index is 2.21. The first-order valence-corrected chi connectivity index (χ1v) is 8.94. The summed E-state index contributed by atoms with van der Waals surface area (Å²) in [5.41, 5.74) is 2.89. The molecule has 0 unspecified atom stereocenters. The van der Waals surface area contributed by atoms with Crippen LogP contribution in [0.15, 0.2) is 12.1 Å². The standard InChI is InChI=1S/C20H26N2O7/c1-10-12(3-13(6-23)18(27)15(10)8-25)5-21-20(29)22-17-4-14(7-24)19(28)16(9-26)11(17)2/h3-4,23-28H,5-9H2,1-2H3,(H2,21,22,29). The van der Waals surface area contributed by atoms with E-state index in [0.717, 1.165) is 0 Å². The molecule has 2 aromatic rings. The molecule has 0 atom stereocenters. The number of carbonyl (C=O) groups is 1. The maximum atomic E-state index is 12.4. The van der Waals surface area contributed by atoms with E-state index in [1.165, 1.54) is 6.07 Å². The molecule has 0 heterocycles. The van der Waals surface area contributed by atoms with Gasteiger partial charge in [-0.25, -0.2) is 4.79 Å². The van der Waals surface area contributed by atoms with E-state index in [4.69, 9.17) is 0 Å². The zero-order chi connectivity index (χ0) is 21.7. The molecular formula is C20H26N2O7. The lowest BCUT2D eigenvalue weighted by atomic mass is 9.97. The molecule has 2 aromatic carbocycles. The van der Waals surface area contributed by atoms with Crippen LogP contribution in [0.5, 0.6) is 11.5 Å². The fourth-order valence-electron chi connectivity index (χ4n) is 3.12. The van der Waals surface area contributed by atoms with E-state index in [1.807, 2.05) is 0 Å². The van der Waals surface area contributed by atoms with Gasteiger partial charge in [-0.3, -0.25) is 0 Å². The number of hydrogen-bond donors (Lipinski definition) is 8. The largest absolute Gasteiger partial charge is 0.507 e. The summed E-state index contributed by atoms with van der Waals surface area (Å²) in [6.07, 6.45) is 0. The number of amides is 2. The van der Waals surface area contributed by atoms with Gasteiger partial charge in [-0.15, -0.1) is 0 Å². The van der Waals surface area contributed by atoms with E-state index >= 15 is 0 Å². The minimum atomic E-state index is -0.574. The van der Waals surface area contributed by atoms with Crippen LogP contribution in [0.2, 0.25) is 0 Å². The van der Waals surface area contributed by atoms with Gasteiger partial charge in [0.2, 0.25) is 0 Å². The highest BCUT2D eigenvalue weighted by atomic mass is 16.3. The second-order valence-corrected chi connectivity index (χ2v) is 6.62. The van der Waals surface area contributed by atoms with Gasteiger partial charge in [0, 0.05) is 34.5 Å². The highest BCUT2D eigenvalue weighted by Crippen LogP contribution is 2.32. The first kappa shape index (κ1) is 22.4. The second kappa shape index (κ2) is 9.57. The van der Waals surface area contributed by atoms with Crippen LogP contribution in [0, 0.1) is 13.8 Å². The van der Waals surface area contributed by atoms with E-state index in [0.29, 0.717) is 22.4 Å². The Morgan fingerprint density at radius 3 is 1.83 bits per heavy atom. The van der Waals surface area contributed by atoms with Crippen molar-refractivity contribution >= 4 is 11.7 Å². The summed E-state index contributed by atoms with van der Waals surface area (Å²) < 4.78 is 0. The predicted molar refractivity (Wildman–Crippen MR) is 105 cm³/mol. The Kier molecular flexibility index (Phi) is 7.40. The number of benzene rings is 2. The molecule has 9 nitrogen and oxygen atoms in total. The molecule has 158 valence electrons. The Labute approximate surface area is 167 Å². The fourth-order valence-corrected chi connectivity index (χ4v) is 3.12. The molecule has 29 heavy (non-hydrogen) atoms. The predicted octanol–water partition coefficient (Wildman–Crippen LogP) is 1.01. The summed E-state index contributed by atoms with van der Waals surface area (Å²) in [4.78, 5) is 12.4. The molecule has 0 spiro atoms. The Morgan fingerprint density at radius 2 is 1.31 bits per heavy atom. The quantitative estimate of drug-likeness (QED) is 0.318. The van der Waals surface area contributed by atoms with E-state index in [2.05, 4.69) is 10.6 Å². The van der Waals surface area contributed by atoms with Crippen LogP contribution < -0.4 is 10.6 Å². The minimum absolute atomic E-state index is 0.0643. The van der Waals surface area contributed by atoms with Crippen molar-refractivity contribution in [2.75, 3.05) is 5.32 Å². The third kappa shape index (κ3) is 4.60. The molecule has 0 aliphatic heterocycles. The number of anilines is 1. The molecule has 2 amide bonds. The third-order valence-electron chi connectivity index (χ3n) is 4.98. The normalized spacial score (nSPS) is 10.8. The summed E-state index contributed by atoms with van der Waals surface area (Å²) in [6, 6.07) is 2.39. The van der Waals surface area contributed by atoms with Gasteiger partial charge in [0.25, 0.3) is 0 Å². The van der Waals surface area contributed by atoms with Gasteiger partial charge in [-0.05, 0) is 42.7 Å². The molecule has 0 aromatic heterocycles. The number of nitrogens with one attached hydrogen (secondary N) is 2. The van der Waals surface area contributed by atoms with Gasteiger partial charge in [-0.1, -0.05) is 0 Å². The van der Waals surface area contributed by atoms with Crippen LogP contribution >= 0.6 is 0 Å². The number of hydrogen-bond acceptors (Lipinski definition) is 7. The number of rotatable bonds is 7. The van der Waals surface area contributed by atoms with Crippen LogP contribution in [0.4, 0.5) is 10.5 Å². The van der Waals surface area contributed by atoms with Crippen LogP contribution in [-0.2, 0) is 33.0 Å². The molecule has 0 aliphatic carbocycles. The smallest absolute Gasteiger partial charge is 0.319 e. The molecule has 0 saturated carbocycles.